The maximum Gasteiger partial charge on any atom is 0.272 e. The average Bonchev–Trinajstić information content (AvgIpc) is 2.26. The summed E-state index contributed by atoms with van der Waals surface area (Å²) in [5.74, 6) is 0. The van der Waals surface area contributed by atoms with E-state index in [0.717, 1.165) is 12.8 Å². The van der Waals surface area contributed by atoms with Gasteiger partial charge >= 0.3 is 0 Å². The van der Waals surface area contributed by atoms with E-state index in [1.807, 2.05) is 0 Å². The minimum absolute atomic E-state index is 0.0385. The summed E-state index contributed by atoms with van der Waals surface area (Å²) in [6, 6.07) is 0.0560. The van der Waals surface area contributed by atoms with E-state index in [9.17, 15) is 9.90 Å². The fourth-order valence-corrected chi connectivity index (χ4v) is 2.66. The van der Waals surface area contributed by atoms with Gasteiger partial charge in [-0.05, 0) is 31.6 Å². The molecular formula is C13H20N2O2. The van der Waals surface area contributed by atoms with Gasteiger partial charge in [0.05, 0.1) is 6.10 Å². The molecule has 0 saturated heterocycles. The van der Waals surface area contributed by atoms with Crippen LogP contribution in [0.1, 0.15) is 44.8 Å². The van der Waals surface area contributed by atoms with Gasteiger partial charge in [-0.1, -0.05) is 13.8 Å². The van der Waals surface area contributed by atoms with E-state index in [2.05, 4.69) is 18.8 Å². The van der Waals surface area contributed by atoms with E-state index in [1.54, 1.807) is 23.9 Å². The normalized spacial score (nSPS) is 28.0. The van der Waals surface area contributed by atoms with Gasteiger partial charge in [-0.3, -0.25) is 9.78 Å². The van der Waals surface area contributed by atoms with Crippen molar-refractivity contribution in [3.05, 3.63) is 28.4 Å². The second-order valence-electron chi connectivity index (χ2n) is 5.66. The third-order valence-corrected chi connectivity index (χ3v) is 3.89. The van der Waals surface area contributed by atoms with Crippen molar-refractivity contribution < 1.29 is 5.11 Å². The van der Waals surface area contributed by atoms with Gasteiger partial charge in [0.2, 0.25) is 0 Å². The smallest absolute Gasteiger partial charge is 0.272 e. The number of nitrogens with zero attached hydrogens (tertiary/aromatic N) is 2. The van der Waals surface area contributed by atoms with Gasteiger partial charge in [-0.2, -0.15) is 0 Å². The molecule has 1 saturated carbocycles. The first kappa shape index (κ1) is 12.3. The lowest BCUT2D eigenvalue weighted by Gasteiger charge is -2.41. The van der Waals surface area contributed by atoms with Crippen molar-refractivity contribution in [2.75, 3.05) is 0 Å². The second kappa shape index (κ2) is 4.26. The Morgan fingerprint density at radius 3 is 2.94 bits per heavy atom. The topological polar surface area (TPSA) is 55.1 Å². The van der Waals surface area contributed by atoms with Gasteiger partial charge in [0.1, 0.15) is 5.69 Å². The predicted molar refractivity (Wildman–Crippen MR) is 65.9 cm³/mol. The lowest BCUT2D eigenvalue weighted by Crippen LogP contribution is -2.40. The fraction of sp³-hybridized carbons (Fsp3) is 0.692. The molecule has 0 aliphatic heterocycles. The second-order valence-corrected chi connectivity index (χ2v) is 5.66. The Morgan fingerprint density at radius 2 is 2.24 bits per heavy atom. The molecule has 1 aliphatic carbocycles. The van der Waals surface area contributed by atoms with Gasteiger partial charge in [0.25, 0.3) is 5.56 Å². The third kappa shape index (κ3) is 2.27. The largest absolute Gasteiger partial charge is 0.393 e. The number of aliphatic hydroxyl groups excluding tert-OH is 1. The van der Waals surface area contributed by atoms with Crippen LogP contribution in [0.25, 0.3) is 0 Å². The molecule has 2 rings (SSSR count). The number of aryl methyl sites for hydroxylation is 1. The molecule has 1 fully saturated rings. The summed E-state index contributed by atoms with van der Waals surface area (Å²) in [6.45, 7) is 6.04. The van der Waals surface area contributed by atoms with Crippen molar-refractivity contribution in [2.45, 2.75) is 52.2 Å². The van der Waals surface area contributed by atoms with E-state index in [1.165, 1.54) is 0 Å². The quantitative estimate of drug-likeness (QED) is 0.807. The Hall–Kier alpha value is -1.16. The minimum atomic E-state index is -0.298. The minimum Gasteiger partial charge on any atom is -0.393 e. The molecule has 0 bridgehead atoms. The van der Waals surface area contributed by atoms with Crippen LogP contribution < -0.4 is 5.56 Å². The zero-order chi connectivity index (χ0) is 12.6. The van der Waals surface area contributed by atoms with Crippen LogP contribution in [0.4, 0.5) is 0 Å². The van der Waals surface area contributed by atoms with Gasteiger partial charge in [-0.25, -0.2) is 0 Å². The van der Waals surface area contributed by atoms with Crippen molar-refractivity contribution in [3.63, 3.8) is 0 Å². The van der Waals surface area contributed by atoms with E-state index in [-0.39, 0.29) is 23.1 Å². The number of rotatable bonds is 1. The summed E-state index contributed by atoms with van der Waals surface area (Å²) >= 11 is 0. The van der Waals surface area contributed by atoms with Gasteiger partial charge in [0, 0.05) is 18.4 Å². The highest BCUT2D eigenvalue weighted by Crippen LogP contribution is 2.43. The van der Waals surface area contributed by atoms with Crippen LogP contribution in [0.2, 0.25) is 0 Å². The summed E-state index contributed by atoms with van der Waals surface area (Å²) in [5, 5.41) is 9.80. The molecule has 2 atom stereocenters. The van der Waals surface area contributed by atoms with Crippen LogP contribution in [-0.4, -0.2) is 20.8 Å². The van der Waals surface area contributed by atoms with Crippen LogP contribution in [0, 0.1) is 12.3 Å². The Labute approximate surface area is 101 Å². The Kier molecular flexibility index (Phi) is 3.08. The molecule has 94 valence electrons. The Morgan fingerprint density at radius 1 is 1.53 bits per heavy atom. The summed E-state index contributed by atoms with van der Waals surface area (Å²) < 4.78 is 1.74. The number of hydrogen-bond acceptors (Lipinski definition) is 3. The highest BCUT2D eigenvalue weighted by Gasteiger charge is 2.37. The summed E-state index contributed by atoms with van der Waals surface area (Å²) in [4.78, 5) is 16.1. The zero-order valence-electron chi connectivity index (χ0n) is 10.7. The lowest BCUT2D eigenvalue weighted by molar-refractivity contribution is 0.0327. The standard InChI is InChI=1S/C13H20N2O2/c1-9-12(17)15(7-6-14-9)11-8-10(16)4-5-13(11,2)3/h6-7,10-11,16H,4-5,8H2,1-3H3. The molecule has 0 aromatic carbocycles. The van der Waals surface area contributed by atoms with Crippen molar-refractivity contribution in [2.24, 2.45) is 5.41 Å². The predicted octanol–water partition coefficient (Wildman–Crippen LogP) is 1.66. The van der Waals surface area contributed by atoms with Crippen LogP contribution in [0.5, 0.6) is 0 Å². The van der Waals surface area contributed by atoms with Crippen LogP contribution in [-0.2, 0) is 0 Å². The molecule has 0 radical (unpaired) electrons. The highest BCUT2D eigenvalue weighted by molar-refractivity contribution is 5.00. The molecule has 0 spiro atoms. The molecule has 0 amide bonds. The summed E-state index contributed by atoms with van der Waals surface area (Å²) in [7, 11) is 0. The van der Waals surface area contributed by atoms with Crippen molar-refractivity contribution in [1.29, 1.82) is 0 Å². The van der Waals surface area contributed by atoms with E-state index in [4.69, 9.17) is 0 Å². The molecule has 4 nitrogen and oxygen atoms in total. The molecule has 17 heavy (non-hydrogen) atoms. The molecule has 1 aromatic rings. The first-order chi connectivity index (χ1) is 7.92. The van der Waals surface area contributed by atoms with Crippen molar-refractivity contribution >= 4 is 0 Å². The summed E-state index contributed by atoms with van der Waals surface area (Å²) in [6.07, 6.45) is 5.51. The van der Waals surface area contributed by atoms with E-state index >= 15 is 0 Å². The maximum atomic E-state index is 12.1. The van der Waals surface area contributed by atoms with Crippen molar-refractivity contribution in [1.82, 2.24) is 9.55 Å². The first-order valence-corrected chi connectivity index (χ1v) is 6.13. The number of aromatic nitrogens is 2. The Balaban J connectivity index is 2.43. The maximum absolute atomic E-state index is 12.1. The van der Waals surface area contributed by atoms with Crippen molar-refractivity contribution in [3.8, 4) is 0 Å². The molecular weight excluding hydrogens is 216 g/mol. The first-order valence-electron chi connectivity index (χ1n) is 6.13. The molecule has 1 heterocycles. The zero-order valence-corrected chi connectivity index (χ0v) is 10.7. The van der Waals surface area contributed by atoms with Gasteiger partial charge < -0.3 is 9.67 Å². The molecule has 1 aromatic heterocycles. The Bertz CT molecular complexity index is 465. The highest BCUT2D eigenvalue weighted by atomic mass is 16.3. The van der Waals surface area contributed by atoms with Gasteiger partial charge in [0.15, 0.2) is 0 Å². The number of hydrogen-bond donors (Lipinski definition) is 1. The SMILES string of the molecule is Cc1nccn(C2CC(O)CCC2(C)C)c1=O. The lowest BCUT2D eigenvalue weighted by atomic mass is 9.72. The van der Waals surface area contributed by atoms with Crippen LogP contribution in [0.3, 0.4) is 0 Å². The monoisotopic (exact) mass is 236 g/mol. The molecule has 1 aliphatic rings. The number of aliphatic hydroxyl groups is 1. The van der Waals surface area contributed by atoms with E-state index < -0.39 is 0 Å². The van der Waals surface area contributed by atoms with Crippen LogP contribution >= 0.6 is 0 Å². The van der Waals surface area contributed by atoms with Crippen LogP contribution in [0.15, 0.2) is 17.2 Å². The summed E-state index contributed by atoms with van der Waals surface area (Å²) in [5.41, 5.74) is 0.514. The third-order valence-electron chi connectivity index (χ3n) is 3.89. The van der Waals surface area contributed by atoms with Gasteiger partial charge in [-0.15, -0.1) is 0 Å². The average molecular weight is 236 g/mol. The fourth-order valence-electron chi connectivity index (χ4n) is 2.66. The molecule has 2 unspecified atom stereocenters. The molecule has 1 N–H and O–H groups in total. The van der Waals surface area contributed by atoms with E-state index in [0.29, 0.717) is 12.1 Å². The molecule has 4 heteroatoms.